The van der Waals surface area contributed by atoms with Crippen molar-refractivity contribution in [1.29, 1.82) is 0 Å². The molecule has 2 heterocycles. The summed E-state index contributed by atoms with van der Waals surface area (Å²) in [6, 6.07) is 13.7. The van der Waals surface area contributed by atoms with E-state index in [1.807, 2.05) is 6.07 Å². The van der Waals surface area contributed by atoms with Crippen molar-refractivity contribution in [2.45, 2.75) is 0 Å². The highest BCUT2D eigenvalue weighted by Gasteiger charge is 2.25. The van der Waals surface area contributed by atoms with Gasteiger partial charge < -0.3 is 29.0 Å². The molecule has 1 aromatic heterocycles. The summed E-state index contributed by atoms with van der Waals surface area (Å²) in [4.78, 5) is 29.1. The van der Waals surface area contributed by atoms with Crippen LogP contribution in [0.15, 0.2) is 59.2 Å². The summed E-state index contributed by atoms with van der Waals surface area (Å²) in [7, 11) is 3.06. The lowest BCUT2D eigenvalue weighted by molar-refractivity contribution is 0.0714. The molecule has 3 aromatic rings. The summed E-state index contributed by atoms with van der Waals surface area (Å²) in [5.74, 6) is 0.976. The number of carbonyl (C=O) groups is 2. The van der Waals surface area contributed by atoms with Gasteiger partial charge in [0.25, 0.3) is 11.8 Å². The Morgan fingerprint density at radius 3 is 2.24 bits per heavy atom. The average molecular weight is 470 g/mol. The van der Waals surface area contributed by atoms with E-state index in [4.69, 9.17) is 25.5 Å². The van der Waals surface area contributed by atoms with E-state index in [1.165, 1.54) is 20.5 Å². The molecule has 1 aliphatic rings. The van der Waals surface area contributed by atoms with Crippen molar-refractivity contribution in [2.24, 2.45) is 0 Å². The van der Waals surface area contributed by atoms with E-state index in [0.29, 0.717) is 59.7 Å². The van der Waals surface area contributed by atoms with Gasteiger partial charge in [-0.25, -0.2) is 0 Å². The van der Waals surface area contributed by atoms with Crippen molar-refractivity contribution < 1.29 is 23.5 Å². The molecular formula is C24H24ClN3O5. The lowest BCUT2D eigenvalue weighted by Gasteiger charge is -2.36. The smallest absolute Gasteiger partial charge is 0.289 e. The minimum Gasteiger partial charge on any atom is -0.497 e. The van der Waals surface area contributed by atoms with E-state index < -0.39 is 0 Å². The van der Waals surface area contributed by atoms with Gasteiger partial charge in [0.1, 0.15) is 11.5 Å². The molecule has 2 aromatic carbocycles. The van der Waals surface area contributed by atoms with Crippen molar-refractivity contribution in [3.8, 4) is 11.5 Å². The second-order valence-corrected chi connectivity index (χ2v) is 7.89. The zero-order chi connectivity index (χ0) is 23.4. The normalized spacial score (nSPS) is 13.5. The van der Waals surface area contributed by atoms with Crippen molar-refractivity contribution in [2.75, 3.05) is 50.6 Å². The highest BCUT2D eigenvalue weighted by Crippen LogP contribution is 2.30. The molecule has 1 fully saturated rings. The molecule has 0 saturated carbocycles. The number of nitrogens with zero attached hydrogens (tertiary/aromatic N) is 2. The number of carbonyl (C=O) groups excluding carboxylic acids is 2. The zero-order valence-corrected chi connectivity index (χ0v) is 19.1. The van der Waals surface area contributed by atoms with E-state index in [9.17, 15) is 9.59 Å². The third-order valence-electron chi connectivity index (χ3n) is 5.46. The Morgan fingerprint density at radius 2 is 1.67 bits per heavy atom. The number of benzene rings is 2. The molecule has 1 aliphatic heterocycles. The standard InChI is InChI=1S/C24H24ClN3O5/c1-31-18-12-16(13-19(15-18)32-2)23(29)26-17-5-6-21(20(25)14-17)27-7-9-28(10-8-27)24(30)22-4-3-11-33-22/h3-6,11-15H,7-10H2,1-2H3,(H,26,29). The van der Waals surface area contributed by atoms with E-state index in [1.54, 1.807) is 47.4 Å². The van der Waals surface area contributed by atoms with E-state index >= 15 is 0 Å². The van der Waals surface area contributed by atoms with E-state index in [-0.39, 0.29) is 11.8 Å². The number of amides is 2. The van der Waals surface area contributed by atoms with Gasteiger partial charge in [0.15, 0.2) is 5.76 Å². The Morgan fingerprint density at radius 1 is 0.970 bits per heavy atom. The molecule has 9 heteroatoms. The maximum atomic E-state index is 12.7. The molecule has 8 nitrogen and oxygen atoms in total. The molecule has 0 aliphatic carbocycles. The molecule has 0 bridgehead atoms. The van der Waals surface area contributed by atoms with Crippen LogP contribution in [-0.4, -0.2) is 57.1 Å². The lowest BCUT2D eigenvalue weighted by Crippen LogP contribution is -2.48. The van der Waals surface area contributed by atoms with Gasteiger partial charge in [-0.05, 0) is 42.5 Å². The Labute approximate surface area is 196 Å². The first-order valence-corrected chi connectivity index (χ1v) is 10.8. The number of furan rings is 1. The fourth-order valence-electron chi connectivity index (χ4n) is 3.69. The third-order valence-corrected chi connectivity index (χ3v) is 5.76. The number of piperazine rings is 1. The topological polar surface area (TPSA) is 84.3 Å². The Kier molecular flexibility index (Phi) is 6.74. The number of halogens is 1. The molecule has 4 rings (SSSR count). The van der Waals surface area contributed by atoms with Gasteiger partial charge in [-0.1, -0.05) is 11.6 Å². The molecule has 1 saturated heterocycles. The predicted molar refractivity (Wildman–Crippen MR) is 126 cm³/mol. The summed E-state index contributed by atoms with van der Waals surface area (Å²) in [5.41, 5.74) is 1.83. The molecular weight excluding hydrogens is 446 g/mol. The summed E-state index contributed by atoms with van der Waals surface area (Å²) in [6.45, 7) is 2.40. The van der Waals surface area contributed by atoms with E-state index in [0.717, 1.165) is 5.69 Å². The largest absolute Gasteiger partial charge is 0.497 e. The second-order valence-electron chi connectivity index (χ2n) is 7.48. The van der Waals surface area contributed by atoms with Gasteiger partial charge in [0.2, 0.25) is 0 Å². The van der Waals surface area contributed by atoms with Crippen LogP contribution in [0.2, 0.25) is 5.02 Å². The maximum Gasteiger partial charge on any atom is 0.289 e. The van der Waals surface area contributed by atoms with Crippen molar-refractivity contribution in [3.05, 3.63) is 71.1 Å². The summed E-state index contributed by atoms with van der Waals surface area (Å²) >= 11 is 6.54. The van der Waals surface area contributed by atoms with Crippen LogP contribution in [0.5, 0.6) is 11.5 Å². The predicted octanol–water partition coefficient (Wildman–Crippen LogP) is 4.16. The quantitative estimate of drug-likeness (QED) is 0.583. The van der Waals surface area contributed by atoms with Gasteiger partial charge in [-0.2, -0.15) is 0 Å². The van der Waals surface area contributed by atoms with E-state index in [2.05, 4.69) is 10.2 Å². The first kappa shape index (κ1) is 22.5. The molecule has 0 spiro atoms. The Balaban J connectivity index is 1.40. The number of anilines is 2. The van der Waals surface area contributed by atoms with Gasteiger partial charge in [-0.3, -0.25) is 9.59 Å². The van der Waals surface area contributed by atoms with Gasteiger partial charge in [0, 0.05) is 43.5 Å². The summed E-state index contributed by atoms with van der Waals surface area (Å²) < 4.78 is 15.7. The summed E-state index contributed by atoms with van der Waals surface area (Å²) in [5, 5.41) is 3.37. The maximum absolute atomic E-state index is 12.7. The SMILES string of the molecule is COc1cc(OC)cc(C(=O)Nc2ccc(N3CCN(C(=O)c4ccco4)CC3)c(Cl)c2)c1. The minimum atomic E-state index is -0.305. The van der Waals surface area contributed by atoms with Crippen molar-refractivity contribution in [1.82, 2.24) is 4.90 Å². The fourth-order valence-corrected chi connectivity index (χ4v) is 3.99. The molecule has 2 amide bonds. The van der Waals surface area contributed by atoms with Crippen LogP contribution in [0.4, 0.5) is 11.4 Å². The first-order chi connectivity index (χ1) is 16.0. The lowest BCUT2D eigenvalue weighted by atomic mass is 10.1. The molecule has 0 atom stereocenters. The van der Waals surface area contributed by atoms with Crippen LogP contribution in [0.25, 0.3) is 0 Å². The highest BCUT2D eigenvalue weighted by atomic mass is 35.5. The van der Waals surface area contributed by atoms with Crippen molar-refractivity contribution in [3.63, 3.8) is 0 Å². The number of ether oxygens (including phenoxy) is 2. The molecule has 33 heavy (non-hydrogen) atoms. The molecule has 1 N–H and O–H groups in total. The number of rotatable bonds is 6. The molecule has 172 valence electrons. The van der Waals surface area contributed by atoms with Crippen LogP contribution in [0.1, 0.15) is 20.9 Å². The average Bonchev–Trinajstić information content (AvgIpc) is 3.38. The zero-order valence-electron chi connectivity index (χ0n) is 18.3. The van der Waals surface area contributed by atoms with Crippen LogP contribution in [0, 0.1) is 0 Å². The highest BCUT2D eigenvalue weighted by molar-refractivity contribution is 6.33. The van der Waals surface area contributed by atoms with Gasteiger partial charge >= 0.3 is 0 Å². The third kappa shape index (κ3) is 5.06. The van der Waals surface area contributed by atoms with Crippen LogP contribution in [-0.2, 0) is 0 Å². The summed E-state index contributed by atoms with van der Waals surface area (Å²) in [6.07, 6.45) is 1.49. The Hall–Kier alpha value is -3.65. The second kappa shape index (κ2) is 9.87. The van der Waals surface area contributed by atoms with Crippen molar-refractivity contribution >= 4 is 34.8 Å². The van der Waals surface area contributed by atoms with Crippen LogP contribution in [0.3, 0.4) is 0 Å². The number of hydrogen-bond donors (Lipinski definition) is 1. The number of nitrogens with one attached hydrogen (secondary N) is 1. The van der Waals surface area contributed by atoms with Crippen LogP contribution >= 0.6 is 11.6 Å². The number of hydrogen-bond acceptors (Lipinski definition) is 6. The van der Waals surface area contributed by atoms with Gasteiger partial charge in [-0.15, -0.1) is 0 Å². The van der Waals surface area contributed by atoms with Gasteiger partial charge in [0.05, 0.1) is 31.2 Å². The number of methoxy groups -OCH3 is 2. The molecule has 0 radical (unpaired) electrons. The minimum absolute atomic E-state index is 0.113. The monoisotopic (exact) mass is 469 g/mol. The van der Waals surface area contributed by atoms with Crippen LogP contribution < -0.4 is 19.7 Å². The molecule has 0 unspecified atom stereocenters. The fraction of sp³-hybridized carbons (Fsp3) is 0.250. The Bertz CT molecular complexity index is 1120. The first-order valence-electron chi connectivity index (χ1n) is 10.4.